The number of hydrogen-bond donors (Lipinski definition) is 0. The zero-order valence-electron chi connectivity index (χ0n) is 7.63. The van der Waals surface area contributed by atoms with E-state index < -0.39 is 0 Å². The normalized spacial score (nSPS) is 10.7. The molecule has 13 heavy (non-hydrogen) atoms. The highest BCUT2D eigenvalue weighted by atomic mass is 19.1. The van der Waals surface area contributed by atoms with Gasteiger partial charge in [0.2, 0.25) is 0 Å². The number of nitrogens with zero attached hydrogens (tertiary/aromatic N) is 1. The number of halogens is 1. The average molecular weight is 175 g/mol. The van der Waals surface area contributed by atoms with Crippen molar-refractivity contribution in [1.29, 1.82) is 0 Å². The van der Waals surface area contributed by atoms with Crippen molar-refractivity contribution < 1.29 is 4.39 Å². The molecule has 2 aromatic rings. The molecular weight excluding hydrogens is 165 g/mol. The first kappa shape index (κ1) is 8.17. The van der Waals surface area contributed by atoms with E-state index in [0.717, 1.165) is 16.5 Å². The van der Waals surface area contributed by atoms with Crippen LogP contribution in [0.1, 0.15) is 11.1 Å². The van der Waals surface area contributed by atoms with Gasteiger partial charge in [0, 0.05) is 5.39 Å². The maximum atomic E-state index is 13.1. The van der Waals surface area contributed by atoms with Crippen molar-refractivity contribution in [2.45, 2.75) is 13.8 Å². The second-order valence-electron chi connectivity index (χ2n) is 3.25. The summed E-state index contributed by atoms with van der Waals surface area (Å²) >= 11 is 0. The van der Waals surface area contributed by atoms with Crippen LogP contribution in [0.25, 0.3) is 10.9 Å². The van der Waals surface area contributed by atoms with Gasteiger partial charge >= 0.3 is 0 Å². The van der Waals surface area contributed by atoms with Gasteiger partial charge in [-0.25, -0.2) is 4.39 Å². The summed E-state index contributed by atoms with van der Waals surface area (Å²) in [6.45, 7) is 3.77. The van der Waals surface area contributed by atoms with E-state index in [2.05, 4.69) is 4.98 Å². The molecule has 0 N–H and O–H groups in total. The fourth-order valence-corrected chi connectivity index (χ4v) is 1.41. The Morgan fingerprint density at radius 3 is 2.77 bits per heavy atom. The lowest BCUT2D eigenvalue weighted by Crippen LogP contribution is -1.88. The molecule has 0 saturated heterocycles. The molecule has 2 rings (SSSR count). The Balaban J connectivity index is 2.89. The largest absolute Gasteiger partial charge is 0.253 e. The maximum absolute atomic E-state index is 13.1. The Bertz CT molecular complexity index is 458. The summed E-state index contributed by atoms with van der Waals surface area (Å²) in [6.07, 6.45) is 1.27. The minimum Gasteiger partial charge on any atom is -0.253 e. The summed E-state index contributed by atoms with van der Waals surface area (Å²) in [6, 6.07) is 5.85. The van der Waals surface area contributed by atoms with Crippen LogP contribution in [-0.2, 0) is 0 Å². The van der Waals surface area contributed by atoms with Crippen LogP contribution < -0.4 is 0 Å². The van der Waals surface area contributed by atoms with Gasteiger partial charge in [0.15, 0.2) is 0 Å². The summed E-state index contributed by atoms with van der Waals surface area (Å²) in [5.74, 6) is -0.238. The smallest absolute Gasteiger partial charge is 0.145 e. The number of fused-ring (bicyclic) bond motifs is 1. The van der Waals surface area contributed by atoms with Gasteiger partial charge in [-0.2, -0.15) is 0 Å². The fraction of sp³-hybridized carbons (Fsp3) is 0.182. The monoisotopic (exact) mass is 175 g/mol. The second kappa shape index (κ2) is 2.80. The molecule has 0 saturated carbocycles. The molecule has 0 radical (unpaired) electrons. The summed E-state index contributed by atoms with van der Waals surface area (Å²) in [4.78, 5) is 4.01. The van der Waals surface area contributed by atoms with E-state index in [1.54, 1.807) is 6.92 Å². The van der Waals surface area contributed by atoms with Crippen LogP contribution in [0.2, 0.25) is 0 Å². The van der Waals surface area contributed by atoms with Crippen LogP contribution in [0, 0.1) is 19.7 Å². The lowest BCUT2D eigenvalue weighted by Gasteiger charge is -2.02. The van der Waals surface area contributed by atoms with Gasteiger partial charge in [0.25, 0.3) is 0 Å². The molecule has 2 heteroatoms. The third kappa shape index (κ3) is 1.28. The molecule has 0 aliphatic carbocycles. The maximum Gasteiger partial charge on any atom is 0.145 e. The standard InChI is InChI=1S/C11H10FN/c1-7-3-4-11-9(5-7)8(2)10(12)6-13-11/h3-6H,1-2H3. The van der Waals surface area contributed by atoms with Gasteiger partial charge in [0.05, 0.1) is 11.7 Å². The molecule has 0 bridgehead atoms. The zero-order chi connectivity index (χ0) is 9.42. The minimum absolute atomic E-state index is 0.238. The van der Waals surface area contributed by atoms with Gasteiger partial charge in [-0.15, -0.1) is 0 Å². The summed E-state index contributed by atoms with van der Waals surface area (Å²) in [5.41, 5.74) is 2.65. The van der Waals surface area contributed by atoms with Crippen molar-refractivity contribution >= 4 is 10.9 Å². The minimum atomic E-state index is -0.238. The number of aryl methyl sites for hydroxylation is 2. The first-order chi connectivity index (χ1) is 6.18. The van der Waals surface area contributed by atoms with Crippen molar-refractivity contribution in [1.82, 2.24) is 4.98 Å². The third-order valence-electron chi connectivity index (χ3n) is 2.23. The van der Waals surface area contributed by atoms with Crippen molar-refractivity contribution in [2.75, 3.05) is 0 Å². The molecule has 1 heterocycles. The second-order valence-corrected chi connectivity index (χ2v) is 3.25. The molecule has 0 amide bonds. The lowest BCUT2D eigenvalue weighted by molar-refractivity contribution is 0.615. The Labute approximate surface area is 76.2 Å². The number of hydrogen-bond acceptors (Lipinski definition) is 1. The molecule has 0 aliphatic heterocycles. The van der Waals surface area contributed by atoms with Gasteiger partial charge < -0.3 is 0 Å². The Kier molecular flexibility index (Phi) is 1.76. The van der Waals surface area contributed by atoms with Crippen LogP contribution in [-0.4, -0.2) is 4.98 Å². The van der Waals surface area contributed by atoms with E-state index in [1.165, 1.54) is 6.20 Å². The highest BCUT2D eigenvalue weighted by Gasteiger charge is 2.03. The van der Waals surface area contributed by atoms with Gasteiger partial charge in [-0.1, -0.05) is 11.6 Å². The molecule has 1 aromatic carbocycles. The van der Waals surface area contributed by atoms with Crippen molar-refractivity contribution in [2.24, 2.45) is 0 Å². The Morgan fingerprint density at radius 2 is 2.00 bits per heavy atom. The van der Waals surface area contributed by atoms with Crippen LogP contribution in [0.3, 0.4) is 0 Å². The van der Waals surface area contributed by atoms with E-state index >= 15 is 0 Å². The van der Waals surface area contributed by atoms with E-state index in [4.69, 9.17) is 0 Å². The van der Waals surface area contributed by atoms with Crippen LogP contribution in [0.5, 0.6) is 0 Å². The zero-order valence-corrected chi connectivity index (χ0v) is 7.63. The highest BCUT2D eigenvalue weighted by Crippen LogP contribution is 2.19. The summed E-state index contributed by atoms with van der Waals surface area (Å²) in [7, 11) is 0. The number of pyridine rings is 1. The summed E-state index contributed by atoms with van der Waals surface area (Å²) in [5, 5.41) is 0.903. The molecule has 1 nitrogen and oxygen atoms in total. The molecule has 1 aromatic heterocycles. The molecule has 66 valence electrons. The predicted octanol–water partition coefficient (Wildman–Crippen LogP) is 2.99. The van der Waals surface area contributed by atoms with Crippen molar-refractivity contribution in [3.8, 4) is 0 Å². The van der Waals surface area contributed by atoms with Gasteiger partial charge in [0.1, 0.15) is 5.82 Å². The molecule has 0 aliphatic rings. The fourth-order valence-electron chi connectivity index (χ4n) is 1.41. The van der Waals surface area contributed by atoms with E-state index in [-0.39, 0.29) is 5.82 Å². The third-order valence-corrected chi connectivity index (χ3v) is 2.23. The Hall–Kier alpha value is -1.44. The van der Waals surface area contributed by atoms with E-state index in [9.17, 15) is 4.39 Å². The highest BCUT2D eigenvalue weighted by molar-refractivity contribution is 5.82. The van der Waals surface area contributed by atoms with Crippen molar-refractivity contribution in [3.05, 3.63) is 41.3 Å². The number of benzene rings is 1. The first-order valence-corrected chi connectivity index (χ1v) is 4.20. The first-order valence-electron chi connectivity index (χ1n) is 4.20. The average Bonchev–Trinajstić information content (AvgIpc) is 2.12. The molecule has 0 fully saturated rings. The van der Waals surface area contributed by atoms with Crippen LogP contribution >= 0.6 is 0 Å². The van der Waals surface area contributed by atoms with Crippen LogP contribution in [0.15, 0.2) is 24.4 Å². The molecule has 0 unspecified atom stereocenters. The quantitative estimate of drug-likeness (QED) is 0.599. The number of rotatable bonds is 0. The van der Waals surface area contributed by atoms with E-state index in [0.29, 0.717) is 5.56 Å². The van der Waals surface area contributed by atoms with Gasteiger partial charge in [-0.3, -0.25) is 4.98 Å². The van der Waals surface area contributed by atoms with Gasteiger partial charge in [-0.05, 0) is 31.5 Å². The molecule has 0 atom stereocenters. The van der Waals surface area contributed by atoms with Crippen molar-refractivity contribution in [3.63, 3.8) is 0 Å². The van der Waals surface area contributed by atoms with E-state index in [1.807, 2.05) is 25.1 Å². The number of aromatic nitrogens is 1. The topological polar surface area (TPSA) is 12.9 Å². The molecule has 0 spiro atoms. The SMILES string of the molecule is Cc1ccc2ncc(F)c(C)c2c1. The predicted molar refractivity (Wildman–Crippen MR) is 51.2 cm³/mol. The lowest BCUT2D eigenvalue weighted by atomic mass is 10.1. The summed E-state index contributed by atoms with van der Waals surface area (Å²) < 4.78 is 13.1. The molecular formula is C11H10FN. The van der Waals surface area contributed by atoms with Crippen LogP contribution in [0.4, 0.5) is 4.39 Å². The Morgan fingerprint density at radius 1 is 1.23 bits per heavy atom.